The lowest BCUT2D eigenvalue weighted by Gasteiger charge is -2.30. The van der Waals surface area contributed by atoms with Gasteiger partial charge in [-0.3, -0.25) is 0 Å². The molecule has 2 aromatic rings. The van der Waals surface area contributed by atoms with Gasteiger partial charge in [-0.2, -0.15) is 0 Å². The SMILES string of the molecule is CCCCc1c(N2CC=Cc3ccccc32)cccc1S(N)(=O)=O. The zero-order valence-electron chi connectivity index (χ0n) is 13.8. The van der Waals surface area contributed by atoms with Gasteiger partial charge in [0, 0.05) is 17.9 Å². The lowest BCUT2D eigenvalue weighted by molar-refractivity contribution is 0.596. The largest absolute Gasteiger partial charge is 0.337 e. The molecule has 0 spiro atoms. The molecule has 0 unspecified atom stereocenters. The van der Waals surface area contributed by atoms with Gasteiger partial charge < -0.3 is 4.90 Å². The highest BCUT2D eigenvalue weighted by Crippen LogP contribution is 2.36. The van der Waals surface area contributed by atoms with E-state index in [1.807, 2.05) is 18.2 Å². The molecule has 0 saturated carbocycles. The predicted octanol–water partition coefficient (Wildman–Crippen LogP) is 3.84. The summed E-state index contributed by atoms with van der Waals surface area (Å²) in [6.07, 6.45) is 6.80. The Balaban J connectivity index is 2.16. The zero-order chi connectivity index (χ0) is 17.2. The normalized spacial score (nSPS) is 13.8. The number of hydrogen-bond donors (Lipinski definition) is 1. The Morgan fingerprint density at radius 1 is 1.08 bits per heavy atom. The molecule has 5 heteroatoms. The second-order valence-corrected chi connectivity index (χ2v) is 7.50. The van der Waals surface area contributed by atoms with Crippen LogP contribution in [0.1, 0.15) is 30.9 Å². The van der Waals surface area contributed by atoms with Gasteiger partial charge in [-0.25, -0.2) is 13.6 Å². The molecule has 1 heterocycles. The highest BCUT2D eigenvalue weighted by molar-refractivity contribution is 7.89. The summed E-state index contributed by atoms with van der Waals surface area (Å²) in [6, 6.07) is 13.5. The molecule has 24 heavy (non-hydrogen) atoms. The fourth-order valence-corrected chi connectivity index (χ4v) is 3.98. The minimum atomic E-state index is -3.75. The number of anilines is 2. The minimum Gasteiger partial charge on any atom is -0.337 e. The summed E-state index contributed by atoms with van der Waals surface area (Å²) in [5.74, 6) is 0. The molecular formula is C19H22N2O2S. The number of sulfonamides is 1. The van der Waals surface area contributed by atoms with E-state index < -0.39 is 10.0 Å². The van der Waals surface area contributed by atoms with Crippen LogP contribution in [0.4, 0.5) is 11.4 Å². The van der Waals surface area contributed by atoms with Crippen molar-refractivity contribution in [2.45, 2.75) is 31.1 Å². The molecule has 0 atom stereocenters. The van der Waals surface area contributed by atoms with Gasteiger partial charge >= 0.3 is 0 Å². The van der Waals surface area contributed by atoms with Gasteiger partial charge in [-0.05, 0) is 42.2 Å². The molecule has 0 amide bonds. The van der Waals surface area contributed by atoms with Gasteiger partial charge in [0.05, 0.1) is 4.90 Å². The number of nitrogens with two attached hydrogens (primary N) is 1. The lowest BCUT2D eigenvalue weighted by atomic mass is 10.0. The number of unbranched alkanes of at least 4 members (excludes halogenated alkanes) is 1. The number of nitrogens with zero attached hydrogens (tertiary/aromatic N) is 1. The summed E-state index contributed by atoms with van der Waals surface area (Å²) in [4.78, 5) is 2.40. The van der Waals surface area contributed by atoms with Crippen molar-refractivity contribution in [3.8, 4) is 0 Å². The minimum absolute atomic E-state index is 0.237. The first-order valence-corrected chi connectivity index (χ1v) is 9.75. The summed E-state index contributed by atoms with van der Waals surface area (Å²) in [6.45, 7) is 2.81. The lowest BCUT2D eigenvalue weighted by Crippen LogP contribution is -2.23. The van der Waals surface area contributed by atoms with E-state index in [0.29, 0.717) is 13.0 Å². The van der Waals surface area contributed by atoms with E-state index in [9.17, 15) is 8.42 Å². The second kappa shape index (κ2) is 6.79. The van der Waals surface area contributed by atoms with E-state index in [-0.39, 0.29) is 4.90 Å². The van der Waals surface area contributed by atoms with Crippen LogP contribution in [-0.4, -0.2) is 15.0 Å². The molecule has 2 N–H and O–H groups in total. The number of rotatable bonds is 5. The Morgan fingerprint density at radius 2 is 1.83 bits per heavy atom. The van der Waals surface area contributed by atoms with E-state index in [4.69, 9.17) is 5.14 Å². The monoisotopic (exact) mass is 342 g/mol. The maximum absolute atomic E-state index is 12.0. The van der Waals surface area contributed by atoms with Crippen molar-refractivity contribution in [3.63, 3.8) is 0 Å². The maximum Gasteiger partial charge on any atom is 0.238 e. The maximum atomic E-state index is 12.0. The molecule has 126 valence electrons. The first kappa shape index (κ1) is 16.7. The van der Waals surface area contributed by atoms with Crippen molar-refractivity contribution < 1.29 is 8.42 Å². The van der Waals surface area contributed by atoms with Gasteiger partial charge in [0.25, 0.3) is 0 Å². The third-order valence-electron chi connectivity index (χ3n) is 4.30. The fourth-order valence-electron chi connectivity index (χ4n) is 3.16. The van der Waals surface area contributed by atoms with Gasteiger partial charge in [0.1, 0.15) is 0 Å². The molecule has 0 radical (unpaired) electrons. The average Bonchev–Trinajstić information content (AvgIpc) is 2.58. The molecule has 0 aromatic heterocycles. The number of para-hydroxylation sites is 1. The molecule has 1 aliphatic heterocycles. The van der Waals surface area contributed by atoms with Crippen LogP contribution in [0.2, 0.25) is 0 Å². The Hall–Kier alpha value is -2.11. The summed E-state index contributed by atoms with van der Waals surface area (Å²) in [5.41, 5.74) is 3.95. The number of benzene rings is 2. The Labute approximate surface area is 143 Å². The average molecular weight is 342 g/mol. The van der Waals surface area contributed by atoms with Crippen molar-refractivity contribution in [1.82, 2.24) is 0 Å². The number of hydrogen-bond acceptors (Lipinski definition) is 3. The standard InChI is InChI=1S/C19H22N2O2S/c1-2-3-10-16-18(12-6-13-19(16)24(20,22)23)21-14-7-9-15-8-4-5-11-17(15)21/h4-9,11-13H,2-3,10,14H2,1H3,(H2,20,22,23). The number of primary sulfonamides is 1. The third kappa shape index (κ3) is 3.23. The van der Waals surface area contributed by atoms with Crippen LogP contribution in [-0.2, 0) is 16.4 Å². The van der Waals surface area contributed by atoms with Gasteiger partial charge in [0.15, 0.2) is 0 Å². The van der Waals surface area contributed by atoms with E-state index in [0.717, 1.165) is 35.3 Å². The first-order valence-electron chi connectivity index (χ1n) is 8.20. The van der Waals surface area contributed by atoms with Crippen LogP contribution < -0.4 is 10.0 Å². The van der Waals surface area contributed by atoms with Crippen LogP contribution >= 0.6 is 0 Å². The summed E-state index contributed by atoms with van der Waals surface area (Å²) in [7, 11) is -3.75. The molecule has 0 aliphatic carbocycles. The van der Waals surface area contributed by atoms with Crippen molar-refractivity contribution in [3.05, 3.63) is 59.7 Å². The van der Waals surface area contributed by atoms with Crippen molar-refractivity contribution in [2.24, 2.45) is 5.14 Å². The van der Waals surface area contributed by atoms with Crippen LogP contribution in [0.5, 0.6) is 0 Å². The molecule has 0 saturated heterocycles. The smallest absolute Gasteiger partial charge is 0.238 e. The number of fused-ring (bicyclic) bond motifs is 1. The Bertz CT molecular complexity index is 873. The molecular weight excluding hydrogens is 320 g/mol. The van der Waals surface area contributed by atoms with Crippen LogP contribution in [0, 0.1) is 0 Å². The van der Waals surface area contributed by atoms with Crippen molar-refractivity contribution in [2.75, 3.05) is 11.4 Å². The molecule has 2 aromatic carbocycles. The highest BCUT2D eigenvalue weighted by Gasteiger charge is 2.22. The van der Waals surface area contributed by atoms with Gasteiger partial charge in [-0.15, -0.1) is 0 Å². The summed E-state index contributed by atoms with van der Waals surface area (Å²) in [5, 5.41) is 5.46. The van der Waals surface area contributed by atoms with E-state index in [2.05, 4.69) is 36.1 Å². The quantitative estimate of drug-likeness (QED) is 0.898. The van der Waals surface area contributed by atoms with Crippen LogP contribution in [0.15, 0.2) is 53.4 Å². The van der Waals surface area contributed by atoms with Crippen LogP contribution in [0.25, 0.3) is 6.08 Å². The summed E-state index contributed by atoms with van der Waals surface area (Å²) >= 11 is 0. The van der Waals surface area contributed by atoms with Gasteiger partial charge in [0.2, 0.25) is 10.0 Å². The first-order chi connectivity index (χ1) is 11.5. The van der Waals surface area contributed by atoms with E-state index in [1.165, 1.54) is 0 Å². The fraction of sp³-hybridized carbons (Fsp3) is 0.263. The van der Waals surface area contributed by atoms with E-state index >= 15 is 0 Å². The second-order valence-electron chi connectivity index (χ2n) is 5.97. The molecule has 0 bridgehead atoms. The Morgan fingerprint density at radius 3 is 2.58 bits per heavy atom. The van der Waals surface area contributed by atoms with Crippen LogP contribution in [0.3, 0.4) is 0 Å². The summed E-state index contributed by atoms with van der Waals surface area (Å²) < 4.78 is 24.1. The highest BCUT2D eigenvalue weighted by atomic mass is 32.2. The topological polar surface area (TPSA) is 63.4 Å². The van der Waals surface area contributed by atoms with Crippen molar-refractivity contribution >= 4 is 27.5 Å². The molecule has 4 nitrogen and oxygen atoms in total. The zero-order valence-corrected chi connectivity index (χ0v) is 14.6. The third-order valence-corrected chi connectivity index (χ3v) is 5.29. The Kier molecular flexibility index (Phi) is 4.73. The van der Waals surface area contributed by atoms with Gasteiger partial charge in [-0.1, -0.05) is 49.8 Å². The van der Waals surface area contributed by atoms with E-state index in [1.54, 1.807) is 12.1 Å². The molecule has 0 fully saturated rings. The molecule has 3 rings (SSSR count). The van der Waals surface area contributed by atoms with Crippen molar-refractivity contribution in [1.29, 1.82) is 0 Å². The molecule has 1 aliphatic rings. The predicted molar refractivity (Wildman–Crippen MR) is 98.9 cm³/mol.